The normalized spacial score (nSPS) is 15.5. The highest BCUT2D eigenvalue weighted by atomic mass is 16.5. The molecule has 0 aromatic heterocycles. The fourth-order valence-electron chi connectivity index (χ4n) is 2.01. The lowest BCUT2D eigenvalue weighted by Crippen LogP contribution is -2.51. The number of nitrogens with zero attached hydrogens (tertiary/aromatic N) is 1. The Hall–Kier alpha value is -1.55. The maximum atomic E-state index is 11.9. The van der Waals surface area contributed by atoms with Crippen molar-refractivity contribution >= 4 is 5.91 Å². The summed E-state index contributed by atoms with van der Waals surface area (Å²) < 4.78 is 5.21. The van der Waals surface area contributed by atoms with Crippen LogP contribution in [0.5, 0.6) is 5.75 Å². The molecule has 17 heavy (non-hydrogen) atoms. The van der Waals surface area contributed by atoms with E-state index in [1.807, 2.05) is 24.3 Å². The minimum Gasteiger partial charge on any atom is -0.496 e. The van der Waals surface area contributed by atoms with Crippen molar-refractivity contribution in [2.24, 2.45) is 5.92 Å². The van der Waals surface area contributed by atoms with E-state index in [0.29, 0.717) is 19.5 Å². The van der Waals surface area contributed by atoms with Gasteiger partial charge in [-0.15, -0.1) is 0 Å². The monoisotopic (exact) mass is 235 g/mol. The van der Waals surface area contributed by atoms with Crippen LogP contribution in [0, 0.1) is 5.92 Å². The number of ether oxygens (including phenoxy) is 1. The molecule has 0 saturated carbocycles. The highest BCUT2D eigenvalue weighted by molar-refractivity contribution is 5.80. The molecule has 1 fully saturated rings. The van der Waals surface area contributed by atoms with Crippen LogP contribution in [0.4, 0.5) is 0 Å². The summed E-state index contributed by atoms with van der Waals surface area (Å²) in [6.07, 6.45) is 0.363. The van der Waals surface area contributed by atoms with Crippen LogP contribution < -0.4 is 4.74 Å². The van der Waals surface area contributed by atoms with Crippen molar-refractivity contribution in [3.8, 4) is 5.75 Å². The van der Waals surface area contributed by atoms with Gasteiger partial charge in [0.05, 0.1) is 13.5 Å². The lowest BCUT2D eigenvalue weighted by atomic mass is 10.00. The van der Waals surface area contributed by atoms with Crippen LogP contribution in [0.3, 0.4) is 0 Å². The number of carbonyl (C=O) groups is 1. The molecule has 1 heterocycles. The van der Waals surface area contributed by atoms with Gasteiger partial charge in [-0.05, 0) is 6.07 Å². The van der Waals surface area contributed by atoms with Gasteiger partial charge in [-0.2, -0.15) is 0 Å². The van der Waals surface area contributed by atoms with Crippen molar-refractivity contribution in [3.63, 3.8) is 0 Å². The van der Waals surface area contributed by atoms with Gasteiger partial charge in [0.1, 0.15) is 5.75 Å². The van der Waals surface area contributed by atoms with Gasteiger partial charge >= 0.3 is 0 Å². The smallest absolute Gasteiger partial charge is 0.227 e. The highest BCUT2D eigenvalue weighted by Crippen LogP contribution is 2.21. The molecular formula is C13H17NO3. The van der Waals surface area contributed by atoms with Crippen molar-refractivity contribution in [2.75, 3.05) is 26.8 Å². The average Bonchev–Trinajstić information content (AvgIpc) is 2.28. The van der Waals surface area contributed by atoms with E-state index in [-0.39, 0.29) is 18.4 Å². The fraction of sp³-hybridized carbons (Fsp3) is 0.462. The van der Waals surface area contributed by atoms with Crippen LogP contribution in [-0.4, -0.2) is 42.7 Å². The van der Waals surface area contributed by atoms with Gasteiger partial charge in [-0.3, -0.25) is 4.79 Å². The fourth-order valence-corrected chi connectivity index (χ4v) is 2.01. The summed E-state index contributed by atoms with van der Waals surface area (Å²) in [6.45, 7) is 1.51. The number of hydrogen-bond acceptors (Lipinski definition) is 3. The molecule has 0 aliphatic carbocycles. The Morgan fingerprint density at radius 1 is 1.47 bits per heavy atom. The molecule has 1 N–H and O–H groups in total. The molecule has 4 nitrogen and oxygen atoms in total. The quantitative estimate of drug-likeness (QED) is 0.835. The van der Waals surface area contributed by atoms with Crippen LogP contribution in [0.2, 0.25) is 0 Å². The predicted molar refractivity (Wildman–Crippen MR) is 63.9 cm³/mol. The zero-order chi connectivity index (χ0) is 12.3. The van der Waals surface area contributed by atoms with E-state index in [1.165, 1.54) is 0 Å². The first-order valence-corrected chi connectivity index (χ1v) is 5.75. The van der Waals surface area contributed by atoms with Gasteiger partial charge in [0.25, 0.3) is 0 Å². The van der Waals surface area contributed by atoms with Gasteiger partial charge in [0.2, 0.25) is 5.91 Å². The number of aliphatic hydroxyl groups excluding tert-OH is 1. The van der Waals surface area contributed by atoms with Crippen LogP contribution in [0.1, 0.15) is 5.56 Å². The average molecular weight is 235 g/mol. The SMILES string of the molecule is COc1ccccc1CC(=O)N1CC(CO)C1. The molecule has 1 aromatic rings. The Morgan fingerprint density at radius 3 is 2.82 bits per heavy atom. The second-order valence-corrected chi connectivity index (χ2v) is 4.34. The highest BCUT2D eigenvalue weighted by Gasteiger charge is 2.29. The Balaban J connectivity index is 1.95. The standard InChI is InChI=1S/C13H17NO3/c1-17-12-5-3-2-4-11(12)6-13(16)14-7-10(8-14)9-15/h2-5,10,15H,6-9H2,1H3. The van der Waals surface area contributed by atoms with E-state index in [2.05, 4.69) is 0 Å². The van der Waals surface area contributed by atoms with E-state index in [4.69, 9.17) is 9.84 Å². The maximum Gasteiger partial charge on any atom is 0.227 e. The third-order valence-corrected chi connectivity index (χ3v) is 3.10. The van der Waals surface area contributed by atoms with Gasteiger partial charge in [0, 0.05) is 31.2 Å². The van der Waals surface area contributed by atoms with E-state index in [1.54, 1.807) is 12.0 Å². The first-order valence-electron chi connectivity index (χ1n) is 5.75. The van der Waals surface area contributed by atoms with Gasteiger partial charge in [0.15, 0.2) is 0 Å². The van der Waals surface area contributed by atoms with Gasteiger partial charge in [-0.1, -0.05) is 18.2 Å². The van der Waals surface area contributed by atoms with Crippen LogP contribution in [0.25, 0.3) is 0 Å². The molecule has 92 valence electrons. The van der Waals surface area contributed by atoms with E-state index < -0.39 is 0 Å². The molecule has 1 amide bonds. The number of carbonyl (C=O) groups excluding carboxylic acids is 1. The Morgan fingerprint density at radius 2 is 2.18 bits per heavy atom. The summed E-state index contributed by atoms with van der Waals surface area (Å²) in [4.78, 5) is 13.7. The van der Waals surface area contributed by atoms with Crippen molar-refractivity contribution in [1.29, 1.82) is 0 Å². The Kier molecular flexibility index (Phi) is 3.64. The number of amides is 1. The van der Waals surface area contributed by atoms with Gasteiger partial charge < -0.3 is 14.7 Å². The van der Waals surface area contributed by atoms with Crippen molar-refractivity contribution < 1.29 is 14.6 Å². The summed E-state index contributed by atoms with van der Waals surface area (Å²) >= 11 is 0. The molecule has 0 atom stereocenters. The van der Waals surface area contributed by atoms with Crippen molar-refractivity contribution in [3.05, 3.63) is 29.8 Å². The second kappa shape index (κ2) is 5.19. The van der Waals surface area contributed by atoms with Crippen LogP contribution >= 0.6 is 0 Å². The molecule has 0 unspecified atom stereocenters. The number of para-hydroxylation sites is 1. The third-order valence-electron chi connectivity index (χ3n) is 3.10. The van der Waals surface area contributed by atoms with Crippen LogP contribution in [-0.2, 0) is 11.2 Å². The summed E-state index contributed by atoms with van der Waals surface area (Å²) in [5.41, 5.74) is 0.910. The summed E-state index contributed by atoms with van der Waals surface area (Å²) in [6, 6.07) is 7.55. The first kappa shape index (κ1) is 11.9. The van der Waals surface area contributed by atoms with Crippen LogP contribution in [0.15, 0.2) is 24.3 Å². The Bertz CT molecular complexity index is 399. The summed E-state index contributed by atoms with van der Waals surface area (Å²) in [5, 5.41) is 8.90. The molecule has 0 spiro atoms. The maximum absolute atomic E-state index is 11.9. The number of hydrogen-bond donors (Lipinski definition) is 1. The number of rotatable bonds is 4. The lowest BCUT2D eigenvalue weighted by molar-refractivity contribution is -0.137. The molecule has 1 aromatic carbocycles. The van der Waals surface area contributed by atoms with E-state index in [0.717, 1.165) is 11.3 Å². The summed E-state index contributed by atoms with van der Waals surface area (Å²) in [5.74, 6) is 1.11. The number of methoxy groups -OCH3 is 1. The molecular weight excluding hydrogens is 218 g/mol. The third kappa shape index (κ3) is 2.58. The molecule has 1 aliphatic heterocycles. The number of benzene rings is 1. The second-order valence-electron chi connectivity index (χ2n) is 4.34. The van der Waals surface area contributed by atoms with Crippen molar-refractivity contribution in [1.82, 2.24) is 4.90 Å². The van der Waals surface area contributed by atoms with Crippen molar-refractivity contribution in [2.45, 2.75) is 6.42 Å². The molecule has 0 radical (unpaired) electrons. The molecule has 0 bridgehead atoms. The number of aliphatic hydroxyl groups is 1. The topological polar surface area (TPSA) is 49.8 Å². The minimum atomic E-state index is 0.0965. The lowest BCUT2D eigenvalue weighted by Gasteiger charge is -2.38. The van der Waals surface area contributed by atoms with E-state index in [9.17, 15) is 4.79 Å². The molecule has 2 rings (SSSR count). The Labute approximate surface area is 101 Å². The van der Waals surface area contributed by atoms with Gasteiger partial charge in [-0.25, -0.2) is 0 Å². The largest absolute Gasteiger partial charge is 0.496 e. The van der Waals surface area contributed by atoms with E-state index >= 15 is 0 Å². The minimum absolute atomic E-state index is 0.0965. The predicted octanol–water partition coefficient (Wildman–Crippen LogP) is 0.688. The zero-order valence-electron chi connectivity index (χ0n) is 9.93. The first-order chi connectivity index (χ1) is 8.24. The summed E-state index contributed by atoms with van der Waals surface area (Å²) in [7, 11) is 1.61. The molecule has 1 aliphatic rings. The number of likely N-dealkylation sites (tertiary alicyclic amines) is 1. The molecule has 1 saturated heterocycles. The zero-order valence-corrected chi connectivity index (χ0v) is 9.93. The molecule has 4 heteroatoms.